The smallest absolute Gasteiger partial charge is 0.259 e. The second-order valence-electron chi connectivity index (χ2n) is 3.82. The summed E-state index contributed by atoms with van der Waals surface area (Å²) in [5, 5.41) is 0. The van der Waals surface area contributed by atoms with Crippen molar-refractivity contribution >= 4 is 0 Å². The van der Waals surface area contributed by atoms with Crippen LogP contribution in [0.15, 0.2) is 41.2 Å². The summed E-state index contributed by atoms with van der Waals surface area (Å²) in [6.07, 6.45) is 0. The first-order chi connectivity index (χ1) is 8.13. The van der Waals surface area contributed by atoms with Crippen molar-refractivity contribution in [2.75, 3.05) is 0 Å². The maximum absolute atomic E-state index is 12.8. The number of rotatable bonds is 2. The average molecular weight is 232 g/mol. The van der Waals surface area contributed by atoms with Crippen LogP contribution in [0.5, 0.6) is 0 Å². The summed E-state index contributed by atoms with van der Waals surface area (Å²) in [6, 6.07) is 9.35. The number of benzene rings is 1. The quantitative estimate of drug-likeness (QED) is 0.857. The minimum atomic E-state index is -0.325. The number of halogens is 1. The fourth-order valence-corrected chi connectivity index (χ4v) is 1.74. The van der Waals surface area contributed by atoms with Crippen molar-refractivity contribution in [1.29, 1.82) is 0 Å². The van der Waals surface area contributed by atoms with E-state index in [2.05, 4.69) is 0 Å². The van der Waals surface area contributed by atoms with Crippen molar-refractivity contribution in [3.8, 4) is 5.69 Å². The van der Waals surface area contributed by atoms with Gasteiger partial charge in [0.05, 0.1) is 0 Å². The van der Waals surface area contributed by atoms with Crippen LogP contribution in [-0.4, -0.2) is 4.57 Å². The summed E-state index contributed by atoms with van der Waals surface area (Å²) in [5.74, 6) is -0.325. The lowest BCUT2D eigenvalue weighted by Gasteiger charge is -2.11. The third-order valence-electron chi connectivity index (χ3n) is 2.66. The predicted octanol–water partition coefficient (Wildman–Crippen LogP) is 1.74. The third-order valence-corrected chi connectivity index (χ3v) is 2.66. The zero-order valence-electron chi connectivity index (χ0n) is 9.48. The van der Waals surface area contributed by atoms with E-state index in [1.54, 1.807) is 18.2 Å². The SMILES string of the molecule is Cc1ccc(CN)c(=O)n1-c1ccc(F)cc1. The van der Waals surface area contributed by atoms with Crippen LogP contribution in [0.3, 0.4) is 0 Å². The minimum absolute atomic E-state index is 0.154. The fourth-order valence-electron chi connectivity index (χ4n) is 1.74. The van der Waals surface area contributed by atoms with Gasteiger partial charge in [-0.3, -0.25) is 9.36 Å². The molecule has 1 aromatic carbocycles. The molecular formula is C13H13FN2O. The van der Waals surface area contributed by atoms with Gasteiger partial charge in [-0.2, -0.15) is 0 Å². The maximum Gasteiger partial charge on any atom is 0.259 e. The summed E-state index contributed by atoms with van der Waals surface area (Å²) in [7, 11) is 0. The van der Waals surface area contributed by atoms with Crippen molar-refractivity contribution in [2.24, 2.45) is 5.73 Å². The molecular weight excluding hydrogens is 219 g/mol. The Bertz CT molecular complexity index is 587. The fraction of sp³-hybridized carbons (Fsp3) is 0.154. The van der Waals surface area contributed by atoms with Gasteiger partial charge in [0.2, 0.25) is 0 Å². The molecule has 0 bridgehead atoms. The number of aromatic nitrogens is 1. The molecule has 2 aromatic rings. The minimum Gasteiger partial charge on any atom is -0.326 e. The van der Waals surface area contributed by atoms with E-state index in [0.717, 1.165) is 5.69 Å². The number of nitrogens with two attached hydrogens (primary N) is 1. The average Bonchev–Trinajstić information content (AvgIpc) is 2.32. The van der Waals surface area contributed by atoms with E-state index in [1.165, 1.54) is 16.7 Å². The second kappa shape index (κ2) is 4.51. The van der Waals surface area contributed by atoms with Crippen molar-refractivity contribution in [1.82, 2.24) is 4.57 Å². The Hall–Kier alpha value is -1.94. The van der Waals surface area contributed by atoms with E-state index in [-0.39, 0.29) is 17.9 Å². The molecule has 0 aliphatic carbocycles. The molecule has 0 spiro atoms. The molecule has 17 heavy (non-hydrogen) atoms. The molecule has 2 rings (SSSR count). The Balaban J connectivity index is 2.66. The first-order valence-electron chi connectivity index (χ1n) is 5.31. The van der Waals surface area contributed by atoms with Gasteiger partial charge >= 0.3 is 0 Å². The molecule has 88 valence electrons. The zero-order valence-corrected chi connectivity index (χ0v) is 9.48. The Labute approximate surface area is 98.3 Å². The first kappa shape index (κ1) is 11.5. The van der Waals surface area contributed by atoms with Crippen molar-refractivity contribution in [3.05, 3.63) is 63.8 Å². The molecule has 0 atom stereocenters. The molecule has 0 aliphatic heterocycles. The summed E-state index contributed by atoms with van der Waals surface area (Å²) in [5.41, 5.74) is 7.32. The standard InChI is InChI=1S/C13H13FN2O/c1-9-2-3-10(8-15)13(17)16(9)12-6-4-11(14)5-7-12/h2-7H,8,15H2,1H3. The monoisotopic (exact) mass is 232 g/mol. The Morgan fingerprint density at radius 1 is 1.18 bits per heavy atom. The molecule has 4 heteroatoms. The number of nitrogens with zero attached hydrogens (tertiary/aromatic N) is 1. The van der Waals surface area contributed by atoms with Gasteiger partial charge in [0.15, 0.2) is 0 Å². The Kier molecular flexibility index (Phi) is 3.06. The summed E-state index contributed by atoms with van der Waals surface area (Å²) < 4.78 is 14.4. The molecule has 0 saturated carbocycles. The topological polar surface area (TPSA) is 48.0 Å². The van der Waals surface area contributed by atoms with Crippen molar-refractivity contribution in [2.45, 2.75) is 13.5 Å². The van der Waals surface area contributed by atoms with E-state index in [1.807, 2.05) is 13.0 Å². The summed E-state index contributed by atoms with van der Waals surface area (Å²) >= 11 is 0. The molecule has 1 heterocycles. The summed E-state index contributed by atoms with van der Waals surface area (Å²) in [4.78, 5) is 12.1. The van der Waals surface area contributed by atoms with Crippen LogP contribution in [-0.2, 0) is 6.54 Å². The van der Waals surface area contributed by atoms with Crippen LogP contribution in [0.25, 0.3) is 5.69 Å². The van der Waals surface area contributed by atoms with Gasteiger partial charge < -0.3 is 5.73 Å². The van der Waals surface area contributed by atoms with Crippen LogP contribution in [0.2, 0.25) is 0 Å². The van der Waals surface area contributed by atoms with Gasteiger partial charge in [-0.15, -0.1) is 0 Å². The second-order valence-corrected chi connectivity index (χ2v) is 3.82. The predicted molar refractivity (Wildman–Crippen MR) is 64.6 cm³/mol. The molecule has 3 nitrogen and oxygen atoms in total. The summed E-state index contributed by atoms with van der Waals surface area (Å²) in [6.45, 7) is 2.02. The Morgan fingerprint density at radius 2 is 1.82 bits per heavy atom. The van der Waals surface area contributed by atoms with E-state index in [0.29, 0.717) is 11.3 Å². The lowest BCUT2D eigenvalue weighted by Crippen LogP contribution is -2.25. The van der Waals surface area contributed by atoms with Crippen molar-refractivity contribution in [3.63, 3.8) is 0 Å². The molecule has 2 N–H and O–H groups in total. The molecule has 0 unspecified atom stereocenters. The number of hydrogen-bond donors (Lipinski definition) is 1. The highest BCUT2D eigenvalue weighted by Gasteiger charge is 2.07. The normalized spacial score (nSPS) is 10.5. The van der Waals surface area contributed by atoms with Crippen molar-refractivity contribution < 1.29 is 4.39 Å². The molecule has 0 aliphatic rings. The van der Waals surface area contributed by atoms with Crippen LogP contribution >= 0.6 is 0 Å². The third kappa shape index (κ3) is 2.12. The number of hydrogen-bond acceptors (Lipinski definition) is 2. The van der Waals surface area contributed by atoms with Gasteiger partial charge in [-0.25, -0.2) is 4.39 Å². The first-order valence-corrected chi connectivity index (χ1v) is 5.31. The van der Waals surface area contributed by atoms with Crippen LogP contribution < -0.4 is 11.3 Å². The molecule has 1 aromatic heterocycles. The van der Waals surface area contributed by atoms with E-state index in [4.69, 9.17) is 5.73 Å². The lowest BCUT2D eigenvalue weighted by atomic mass is 10.2. The lowest BCUT2D eigenvalue weighted by molar-refractivity contribution is 0.627. The molecule has 0 radical (unpaired) electrons. The highest BCUT2D eigenvalue weighted by Crippen LogP contribution is 2.10. The van der Waals surface area contributed by atoms with E-state index >= 15 is 0 Å². The largest absolute Gasteiger partial charge is 0.326 e. The van der Waals surface area contributed by atoms with Gasteiger partial charge in [0.25, 0.3) is 5.56 Å². The zero-order chi connectivity index (χ0) is 12.4. The molecule has 0 amide bonds. The molecule has 0 fully saturated rings. The highest BCUT2D eigenvalue weighted by molar-refractivity contribution is 5.35. The van der Waals surface area contributed by atoms with Gasteiger partial charge in [0, 0.05) is 23.5 Å². The van der Waals surface area contributed by atoms with Gasteiger partial charge in [-0.05, 0) is 37.3 Å². The Morgan fingerprint density at radius 3 is 2.41 bits per heavy atom. The van der Waals surface area contributed by atoms with Crippen LogP contribution in [0, 0.1) is 12.7 Å². The maximum atomic E-state index is 12.8. The number of pyridine rings is 1. The van der Waals surface area contributed by atoms with Crippen LogP contribution in [0.1, 0.15) is 11.3 Å². The van der Waals surface area contributed by atoms with Gasteiger partial charge in [-0.1, -0.05) is 6.07 Å². The number of aryl methyl sites for hydroxylation is 1. The van der Waals surface area contributed by atoms with E-state index in [9.17, 15) is 9.18 Å². The molecule has 0 saturated heterocycles. The van der Waals surface area contributed by atoms with Crippen LogP contribution in [0.4, 0.5) is 4.39 Å². The van der Waals surface area contributed by atoms with E-state index < -0.39 is 0 Å². The highest BCUT2D eigenvalue weighted by atomic mass is 19.1. The van der Waals surface area contributed by atoms with Gasteiger partial charge in [0.1, 0.15) is 5.82 Å².